The summed E-state index contributed by atoms with van der Waals surface area (Å²) in [6, 6.07) is 5.74. The molecule has 7 heteroatoms. The van der Waals surface area contributed by atoms with Gasteiger partial charge in [0.15, 0.2) is 0 Å². The van der Waals surface area contributed by atoms with Gasteiger partial charge in [-0.15, -0.1) is 11.6 Å². The molecule has 1 aromatic rings. The van der Waals surface area contributed by atoms with Crippen LogP contribution >= 0.6 is 23.2 Å². The molecule has 0 saturated heterocycles. The molecule has 4 nitrogen and oxygen atoms in total. The molecule has 2 unspecified atom stereocenters. The SMILES string of the molecule is N#Cc1ccc(S(=O)(=O)NC2CCCC2Cl)c(Cl)c1. The molecule has 0 bridgehead atoms. The van der Waals surface area contributed by atoms with E-state index in [9.17, 15) is 8.42 Å². The summed E-state index contributed by atoms with van der Waals surface area (Å²) in [5.41, 5.74) is 0.319. The summed E-state index contributed by atoms with van der Waals surface area (Å²) in [5, 5.41) is 8.58. The van der Waals surface area contributed by atoms with Gasteiger partial charge in [-0.05, 0) is 31.0 Å². The van der Waals surface area contributed by atoms with E-state index in [1.165, 1.54) is 18.2 Å². The van der Waals surface area contributed by atoms with Gasteiger partial charge < -0.3 is 0 Å². The van der Waals surface area contributed by atoms with E-state index in [2.05, 4.69) is 4.72 Å². The van der Waals surface area contributed by atoms with Crippen LogP contribution in [0, 0.1) is 11.3 Å². The summed E-state index contributed by atoms with van der Waals surface area (Å²) >= 11 is 12.0. The van der Waals surface area contributed by atoms with Gasteiger partial charge in [0.2, 0.25) is 10.0 Å². The maximum absolute atomic E-state index is 12.2. The number of nitrogens with one attached hydrogen (secondary N) is 1. The molecule has 0 aliphatic heterocycles. The molecule has 1 N–H and O–H groups in total. The van der Waals surface area contributed by atoms with E-state index in [1.807, 2.05) is 6.07 Å². The summed E-state index contributed by atoms with van der Waals surface area (Å²) < 4.78 is 27.0. The molecule has 1 saturated carbocycles. The second-order valence-electron chi connectivity index (χ2n) is 4.43. The second-order valence-corrected chi connectivity index (χ2v) is 7.08. The first-order valence-electron chi connectivity index (χ1n) is 5.80. The lowest BCUT2D eigenvalue weighted by Gasteiger charge is -2.16. The van der Waals surface area contributed by atoms with Crippen LogP contribution in [-0.2, 0) is 10.0 Å². The van der Waals surface area contributed by atoms with Crippen LogP contribution in [-0.4, -0.2) is 19.8 Å². The third kappa shape index (κ3) is 3.21. The number of nitriles is 1. The predicted octanol–water partition coefficient (Wildman–Crippen LogP) is 2.65. The topological polar surface area (TPSA) is 70.0 Å². The predicted molar refractivity (Wildman–Crippen MR) is 73.8 cm³/mol. The van der Waals surface area contributed by atoms with E-state index in [4.69, 9.17) is 28.5 Å². The smallest absolute Gasteiger partial charge is 0.207 e. The van der Waals surface area contributed by atoms with Crippen molar-refractivity contribution < 1.29 is 8.42 Å². The summed E-state index contributed by atoms with van der Waals surface area (Å²) in [4.78, 5) is -0.0241. The average molecular weight is 319 g/mol. The van der Waals surface area contributed by atoms with Gasteiger partial charge in [0, 0.05) is 11.4 Å². The standard InChI is InChI=1S/C12H12Cl2N2O2S/c13-9-2-1-3-11(9)16-19(17,18)12-5-4-8(7-15)6-10(12)14/h4-6,9,11,16H,1-3H2. The van der Waals surface area contributed by atoms with Crippen molar-refractivity contribution in [2.45, 2.75) is 35.6 Å². The van der Waals surface area contributed by atoms with Gasteiger partial charge in [-0.3, -0.25) is 0 Å². The van der Waals surface area contributed by atoms with Gasteiger partial charge in [-0.1, -0.05) is 18.0 Å². The van der Waals surface area contributed by atoms with E-state index < -0.39 is 10.0 Å². The number of sulfonamides is 1. The van der Waals surface area contributed by atoms with Crippen LogP contribution in [0.5, 0.6) is 0 Å². The van der Waals surface area contributed by atoms with E-state index in [1.54, 1.807) is 0 Å². The number of hydrogen-bond acceptors (Lipinski definition) is 3. The Morgan fingerprint density at radius 1 is 1.37 bits per heavy atom. The molecule has 2 rings (SSSR count). The van der Waals surface area contributed by atoms with Crippen LogP contribution in [0.3, 0.4) is 0 Å². The largest absolute Gasteiger partial charge is 0.242 e. The third-order valence-electron chi connectivity index (χ3n) is 3.09. The van der Waals surface area contributed by atoms with Crippen molar-refractivity contribution in [2.75, 3.05) is 0 Å². The van der Waals surface area contributed by atoms with Gasteiger partial charge >= 0.3 is 0 Å². The lowest BCUT2D eigenvalue weighted by atomic mass is 10.2. The van der Waals surface area contributed by atoms with Crippen LogP contribution in [0.4, 0.5) is 0 Å². The van der Waals surface area contributed by atoms with Crippen LogP contribution in [0.1, 0.15) is 24.8 Å². The number of benzene rings is 1. The minimum absolute atomic E-state index is 0.0241. The van der Waals surface area contributed by atoms with Gasteiger partial charge in [0.05, 0.1) is 16.7 Å². The third-order valence-corrected chi connectivity index (χ3v) is 5.58. The fourth-order valence-corrected chi connectivity index (χ4v) is 4.37. The Balaban J connectivity index is 2.27. The number of nitrogens with zero attached hydrogens (tertiary/aromatic N) is 1. The highest BCUT2D eigenvalue weighted by atomic mass is 35.5. The highest BCUT2D eigenvalue weighted by Crippen LogP contribution is 2.27. The first kappa shape index (κ1) is 14.6. The Kier molecular flexibility index (Phi) is 4.36. The van der Waals surface area contributed by atoms with Crippen LogP contribution < -0.4 is 4.72 Å². The quantitative estimate of drug-likeness (QED) is 0.871. The molecule has 0 heterocycles. The molecule has 102 valence electrons. The maximum Gasteiger partial charge on any atom is 0.242 e. The minimum Gasteiger partial charge on any atom is -0.207 e. The van der Waals surface area contributed by atoms with Crippen LogP contribution in [0.2, 0.25) is 5.02 Å². The number of halogens is 2. The average Bonchev–Trinajstić information content (AvgIpc) is 2.73. The van der Waals surface area contributed by atoms with E-state index in [0.717, 1.165) is 19.3 Å². The molecule has 1 fully saturated rings. The zero-order valence-electron chi connectivity index (χ0n) is 9.94. The van der Waals surface area contributed by atoms with Gasteiger partial charge in [-0.25, -0.2) is 13.1 Å². The van der Waals surface area contributed by atoms with Crippen LogP contribution in [0.25, 0.3) is 0 Å². The molecule has 1 aromatic carbocycles. The summed E-state index contributed by atoms with van der Waals surface area (Å²) in [6.07, 6.45) is 2.43. The molecule has 1 aliphatic carbocycles. The van der Waals surface area contributed by atoms with Crippen molar-refractivity contribution in [1.82, 2.24) is 4.72 Å². The first-order valence-corrected chi connectivity index (χ1v) is 8.10. The van der Waals surface area contributed by atoms with Crippen molar-refractivity contribution in [1.29, 1.82) is 5.26 Å². The highest BCUT2D eigenvalue weighted by molar-refractivity contribution is 7.89. The van der Waals surface area contributed by atoms with Crippen LogP contribution in [0.15, 0.2) is 23.1 Å². The lowest BCUT2D eigenvalue weighted by Crippen LogP contribution is -2.37. The number of hydrogen-bond donors (Lipinski definition) is 1. The van der Waals surface area contributed by atoms with E-state index in [-0.39, 0.29) is 21.3 Å². The summed E-state index contributed by atoms with van der Waals surface area (Å²) in [5.74, 6) is 0. The van der Waals surface area contributed by atoms with Crippen molar-refractivity contribution in [3.63, 3.8) is 0 Å². The molecule has 2 atom stereocenters. The summed E-state index contributed by atoms with van der Waals surface area (Å²) in [7, 11) is -3.71. The Bertz CT molecular complexity index is 625. The lowest BCUT2D eigenvalue weighted by molar-refractivity contribution is 0.554. The monoisotopic (exact) mass is 318 g/mol. The van der Waals surface area contributed by atoms with Gasteiger partial charge in [0.25, 0.3) is 0 Å². The van der Waals surface area contributed by atoms with Crippen molar-refractivity contribution in [3.05, 3.63) is 28.8 Å². The Morgan fingerprint density at radius 2 is 2.11 bits per heavy atom. The fourth-order valence-electron chi connectivity index (χ4n) is 2.10. The fraction of sp³-hybridized carbons (Fsp3) is 0.417. The van der Waals surface area contributed by atoms with Gasteiger partial charge in [-0.2, -0.15) is 5.26 Å². The first-order chi connectivity index (χ1) is 8.94. The molecule has 0 amide bonds. The summed E-state index contributed by atoms with van der Waals surface area (Å²) in [6.45, 7) is 0. The molecule has 19 heavy (non-hydrogen) atoms. The molecule has 0 radical (unpaired) electrons. The Hall–Kier alpha value is -0.800. The zero-order chi connectivity index (χ0) is 14.0. The molecular weight excluding hydrogens is 307 g/mol. The number of rotatable bonds is 3. The van der Waals surface area contributed by atoms with E-state index >= 15 is 0 Å². The molecule has 0 spiro atoms. The van der Waals surface area contributed by atoms with Crippen molar-refractivity contribution in [3.8, 4) is 6.07 Å². The minimum atomic E-state index is -3.71. The molecule has 0 aromatic heterocycles. The normalized spacial score (nSPS) is 23.2. The van der Waals surface area contributed by atoms with Crippen molar-refractivity contribution in [2.24, 2.45) is 0 Å². The second kappa shape index (κ2) is 5.68. The van der Waals surface area contributed by atoms with Crippen molar-refractivity contribution >= 4 is 33.2 Å². The molecule has 1 aliphatic rings. The maximum atomic E-state index is 12.2. The molecular formula is C12H12Cl2N2O2S. The van der Waals surface area contributed by atoms with E-state index in [0.29, 0.717) is 5.56 Å². The van der Waals surface area contributed by atoms with Gasteiger partial charge in [0.1, 0.15) is 4.90 Å². The Morgan fingerprint density at radius 3 is 2.63 bits per heavy atom. The Labute approximate surface area is 122 Å². The highest BCUT2D eigenvalue weighted by Gasteiger charge is 2.30. The zero-order valence-corrected chi connectivity index (χ0v) is 12.3. The number of alkyl halides is 1.